The van der Waals surface area contributed by atoms with Crippen molar-refractivity contribution in [1.82, 2.24) is 34.9 Å². The van der Waals surface area contributed by atoms with Gasteiger partial charge >= 0.3 is 0 Å². The smallest absolute Gasteiger partial charge is 0.151 e. The van der Waals surface area contributed by atoms with Crippen LogP contribution in [0, 0.1) is 6.92 Å². The number of nitrogens with two attached hydrogens (primary N) is 1. The average Bonchev–Trinajstić information content (AvgIpc) is 3.43. The number of aromatic nitrogens is 7. The monoisotopic (exact) mass is 431 g/mol. The number of hydrogen-bond acceptors (Lipinski definition) is 9. The molecule has 2 atom stereocenters. The predicted molar refractivity (Wildman–Crippen MR) is 121 cm³/mol. The van der Waals surface area contributed by atoms with E-state index in [1.807, 2.05) is 26.1 Å². The van der Waals surface area contributed by atoms with Gasteiger partial charge in [0.25, 0.3) is 0 Å². The molecule has 0 spiro atoms. The second-order valence-electron chi connectivity index (χ2n) is 8.16. The number of aliphatic hydroxyl groups is 1. The minimum absolute atomic E-state index is 0.176. The maximum Gasteiger partial charge on any atom is 0.151 e. The van der Waals surface area contributed by atoms with Crippen molar-refractivity contribution in [3.05, 3.63) is 42.2 Å². The molecule has 0 aliphatic heterocycles. The van der Waals surface area contributed by atoms with Gasteiger partial charge in [-0.05, 0) is 38.7 Å². The van der Waals surface area contributed by atoms with Crippen LogP contribution in [0.15, 0.2) is 30.9 Å². The summed E-state index contributed by atoms with van der Waals surface area (Å²) in [4.78, 5) is 14.1. The molecule has 32 heavy (non-hydrogen) atoms. The van der Waals surface area contributed by atoms with E-state index < -0.39 is 0 Å². The lowest BCUT2D eigenvalue weighted by molar-refractivity contribution is 0.182. The molecular formula is C22H25N9O. The van der Waals surface area contributed by atoms with Crippen LogP contribution in [0.3, 0.4) is 0 Å². The molecule has 0 saturated heterocycles. The summed E-state index contributed by atoms with van der Waals surface area (Å²) >= 11 is 0. The van der Waals surface area contributed by atoms with E-state index in [1.54, 1.807) is 23.3 Å². The SMILES string of the molecule is CCc1nc2c(N)ncc(-c3cnn(-c4cnnc(C)c4)c3)c2nc1N[C@@H]1CC[C@H](O)C1. The van der Waals surface area contributed by atoms with E-state index in [2.05, 4.69) is 25.6 Å². The van der Waals surface area contributed by atoms with Crippen LogP contribution in [0.4, 0.5) is 11.6 Å². The predicted octanol–water partition coefficient (Wildman–Crippen LogP) is 2.45. The zero-order valence-corrected chi connectivity index (χ0v) is 18.0. The molecular weight excluding hydrogens is 406 g/mol. The van der Waals surface area contributed by atoms with Gasteiger partial charge in [-0.2, -0.15) is 15.3 Å². The van der Waals surface area contributed by atoms with E-state index in [0.717, 1.165) is 46.9 Å². The maximum absolute atomic E-state index is 9.90. The van der Waals surface area contributed by atoms with Gasteiger partial charge < -0.3 is 16.2 Å². The standard InChI is InChI=1S/C22H25N9O/c1-3-18-22(27-14-4-5-16(32)7-14)29-19-17(10-24-21(23)20(19)28-18)13-8-26-31(11-13)15-6-12(2)30-25-9-15/h6,8-11,14,16,32H,3-5,7H2,1-2H3,(H2,23,24)(H,27,29)/t14-,16+/m1/s1. The first kappa shape index (κ1) is 20.3. The summed E-state index contributed by atoms with van der Waals surface area (Å²) in [6.07, 6.45) is 9.88. The quantitative estimate of drug-likeness (QED) is 0.434. The first-order valence-electron chi connectivity index (χ1n) is 10.8. The number of nitrogens with one attached hydrogen (secondary N) is 1. The molecule has 0 bridgehead atoms. The van der Waals surface area contributed by atoms with Gasteiger partial charge in [0.2, 0.25) is 0 Å². The van der Waals surface area contributed by atoms with Crippen molar-refractivity contribution in [3.8, 4) is 16.8 Å². The van der Waals surface area contributed by atoms with E-state index in [-0.39, 0.29) is 12.1 Å². The number of nitrogen functional groups attached to an aromatic ring is 1. The molecule has 164 valence electrons. The Balaban J connectivity index is 1.59. The fraction of sp³-hybridized carbons (Fsp3) is 0.364. The molecule has 1 aliphatic carbocycles. The maximum atomic E-state index is 9.90. The van der Waals surface area contributed by atoms with Crippen molar-refractivity contribution < 1.29 is 5.11 Å². The fourth-order valence-corrected chi connectivity index (χ4v) is 4.14. The lowest BCUT2D eigenvalue weighted by Gasteiger charge is -2.17. The summed E-state index contributed by atoms with van der Waals surface area (Å²) in [5.41, 5.74) is 11.5. The van der Waals surface area contributed by atoms with E-state index in [0.29, 0.717) is 29.7 Å². The number of aliphatic hydroxyl groups excluding tert-OH is 1. The molecule has 4 aromatic rings. The fourth-order valence-electron chi connectivity index (χ4n) is 4.14. The van der Waals surface area contributed by atoms with Gasteiger partial charge in [0.15, 0.2) is 5.82 Å². The van der Waals surface area contributed by atoms with Crippen LogP contribution in [0.1, 0.15) is 37.6 Å². The minimum Gasteiger partial charge on any atom is -0.393 e. The molecule has 4 N–H and O–H groups in total. The van der Waals surface area contributed by atoms with Crippen molar-refractivity contribution in [1.29, 1.82) is 0 Å². The van der Waals surface area contributed by atoms with Crippen LogP contribution < -0.4 is 11.1 Å². The molecule has 5 rings (SSSR count). The van der Waals surface area contributed by atoms with Gasteiger partial charge in [0.05, 0.1) is 35.6 Å². The number of fused-ring (bicyclic) bond motifs is 1. The largest absolute Gasteiger partial charge is 0.393 e. The van der Waals surface area contributed by atoms with Gasteiger partial charge in [0, 0.05) is 29.6 Å². The number of rotatable bonds is 5. The van der Waals surface area contributed by atoms with Crippen molar-refractivity contribution in [2.45, 2.75) is 51.7 Å². The minimum atomic E-state index is -0.265. The van der Waals surface area contributed by atoms with Gasteiger partial charge in [-0.3, -0.25) is 0 Å². The molecule has 10 heteroatoms. The van der Waals surface area contributed by atoms with Crippen LogP contribution >= 0.6 is 0 Å². The Morgan fingerprint density at radius 1 is 1.19 bits per heavy atom. The Hall–Kier alpha value is -3.66. The topological polar surface area (TPSA) is 141 Å². The summed E-state index contributed by atoms with van der Waals surface area (Å²) < 4.78 is 1.74. The van der Waals surface area contributed by atoms with Crippen molar-refractivity contribution in [2.24, 2.45) is 0 Å². The molecule has 0 radical (unpaired) electrons. The number of aryl methyl sites for hydroxylation is 2. The lowest BCUT2D eigenvalue weighted by atomic mass is 10.1. The average molecular weight is 432 g/mol. The molecule has 1 fully saturated rings. The van der Waals surface area contributed by atoms with E-state index >= 15 is 0 Å². The summed E-state index contributed by atoms with van der Waals surface area (Å²) in [5, 5.41) is 25.9. The second-order valence-corrected chi connectivity index (χ2v) is 8.16. The second kappa shape index (κ2) is 8.12. The molecule has 10 nitrogen and oxygen atoms in total. The van der Waals surface area contributed by atoms with Crippen LogP contribution in [0.25, 0.3) is 27.8 Å². The highest BCUT2D eigenvalue weighted by molar-refractivity contribution is 5.96. The number of anilines is 2. The molecule has 4 aromatic heterocycles. The highest BCUT2D eigenvalue weighted by atomic mass is 16.3. The number of hydrogen-bond donors (Lipinski definition) is 3. The van der Waals surface area contributed by atoms with Crippen LogP contribution in [-0.4, -0.2) is 52.2 Å². The normalized spacial score (nSPS) is 18.3. The van der Waals surface area contributed by atoms with E-state index in [9.17, 15) is 5.11 Å². The first-order valence-corrected chi connectivity index (χ1v) is 10.8. The van der Waals surface area contributed by atoms with E-state index in [4.69, 9.17) is 15.7 Å². The van der Waals surface area contributed by atoms with Gasteiger partial charge in [-0.15, -0.1) is 0 Å². The van der Waals surface area contributed by atoms with Crippen molar-refractivity contribution in [3.63, 3.8) is 0 Å². The molecule has 0 aromatic carbocycles. The highest BCUT2D eigenvalue weighted by Gasteiger charge is 2.24. The molecule has 4 heterocycles. The van der Waals surface area contributed by atoms with Crippen LogP contribution in [0.5, 0.6) is 0 Å². The van der Waals surface area contributed by atoms with Gasteiger partial charge in [-0.1, -0.05) is 6.92 Å². The highest BCUT2D eigenvalue weighted by Crippen LogP contribution is 2.32. The summed E-state index contributed by atoms with van der Waals surface area (Å²) in [6, 6.07) is 2.09. The van der Waals surface area contributed by atoms with Crippen molar-refractivity contribution in [2.75, 3.05) is 11.1 Å². The Bertz CT molecular complexity index is 1290. The zero-order chi connectivity index (χ0) is 22.2. The lowest BCUT2D eigenvalue weighted by Crippen LogP contribution is -2.19. The summed E-state index contributed by atoms with van der Waals surface area (Å²) in [5.74, 6) is 1.07. The summed E-state index contributed by atoms with van der Waals surface area (Å²) in [7, 11) is 0. The third kappa shape index (κ3) is 3.73. The number of nitrogens with zero attached hydrogens (tertiary/aromatic N) is 7. The molecule has 0 amide bonds. The van der Waals surface area contributed by atoms with Crippen LogP contribution in [0.2, 0.25) is 0 Å². The Kier molecular flexibility index (Phi) is 5.14. The third-order valence-corrected chi connectivity index (χ3v) is 5.80. The molecule has 0 unspecified atom stereocenters. The summed E-state index contributed by atoms with van der Waals surface area (Å²) in [6.45, 7) is 3.92. The Labute approximate surface area is 184 Å². The van der Waals surface area contributed by atoms with Crippen molar-refractivity contribution >= 4 is 22.7 Å². The Morgan fingerprint density at radius 2 is 2.06 bits per heavy atom. The van der Waals surface area contributed by atoms with E-state index in [1.165, 1.54) is 0 Å². The van der Waals surface area contributed by atoms with Gasteiger partial charge in [-0.25, -0.2) is 19.6 Å². The first-order chi connectivity index (χ1) is 15.5. The molecule has 1 saturated carbocycles. The van der Waals surface area contributed by atoms with Crippen LogP contribution in [-0.2, 0) is 6.42 Å². The number of pyridine rings is 1. The Morgan fingerprint density at radius 3 is 2.81 bits per heavy atom. The third-order valence-electron chi connectivity index (χ3n) is 5.80. The molecule has 1 aliphatic rings. The van der Waals surface area contributed by atoms with Gasteiger partial charge in [0.1, 0.15) is 16.9 Å². The zero-order valence-electron chi connectivity index (χ0n) is 18.0.